The number of aromatic amines is 1. The molecule has 4 aliphatic rings. The minimum Gasteiger partial charge on any atom is -0.491 e. The second-order valence-electron chi connectivity index (χ2n) is 22.6. The number of pyridine rings is 1. The van der Waals surface area contributed by atoms with E-state index in [1.54, 1.807) is 14.2 Å². The van der Waals surface area contributed by atoms with Crippen LogP contribution in [0.5, 0.6) is 5.75 Å². The molecule has 2 amide bonds. The molecule has 0 radical (unpaired) electrons. The predicted molar refractivity (Wildman–Crippen MR) is 288 cm³/mol. The smallest absolute Gasteiger partial charge is 0.256 e. The molecule has 3 aliphatic heterocycles. The van der Waals surface area contributed by atoms with Gasteiger partial charge in [-0.2, -0.15) is 0 Å². The Hall–Kier alpha value is -4.57. The van der Waals surface area contributed by atoms with Crippen molar-refractivity contribution in [3.63, 3.8) is 0 Å². The molecule has 72 heavy (non-hydrogen) atoms. The van der Waals surface area contributed by atoms with E-state index < -0.39 is 12.0 Å². The Morgan fingerprint density at radius 1 is 0.931 bits per heavy atom. The first-order chi connectivity index (χ1) is 34.7. The van der Waals surface area contributed by atoms with Gasteiger partial charge in [0.1, 0.15) is 18.4 Å². The van der Waals surface area contributed by atoms with Crippen molar-refractivity contribution >= 4 is 28.4 Å². The molecule has 0 spiro atoms. The lowest BCUT2D eigenvalue weighted by Gasteiger charge is -2.36. The van der Waals surface area contributed by atoms with Crippen molar-refractivity contribution in [2.24, 2.45) is 23.2 Å². The fraction of sp³-hybridized carbons (Fsp3) is 0.638. The van der Waals surface area contributed by atoms with Gasteiger partial charge in [0.25, 0.3) is 5.91 Å². The van der Waals surface area contributed by atoms with E-state index in [4.69, 9.17) is 23.9 Å². The molecular formula is C58H86N8O6. The molecule has 5 heterocycles. The fourth-order valence-corrected chi connectivity index (χ4v) is 11.1. The van der Waals surface area contributed by atoms with Gasteiger partial charge >= 0.3 is 0 Å². The lowest BCUT2D eigenvalue weighted by Crippen LogP contribution is -2.54. The lowest BCUT2D eigenvalue weighted by atomic mass is 9.84. The Bertz CT molecular complexity index is 2420. The van der Waals surface area contributed by atoms with Gasteiger partial charge in [0.2, 0.25) is 5.91 Å². The fourth-order valence-electron chi connectivity index (χ4n) is 11.1. The van der Waals surface area contributed by atoms with Gasteiger partial charge in [-0.15, -0.1) is 0 Å². The summed E-state index contributed by atoms with van der Waals surface area (Å²) in [6.07, 6.45) is 11.6. The van der Waals surface area contributed by atoms with E-state index in [0.29, 0.717) is 31.4 Å². The monoisotopic (exact) mass is 991 g/mol. The van der Waals surface area contributed by atoms with Crippen LogP contribution in [0, 0.1) is 23.2 Å². The average Bonchev–Trinajstić information content (AvgIpc) is 4.17. The number of carbonyl (C=O) groups is 2. The molecule has 3 fully saturated rings. The molecular weight excluding hydrogens is 905 g/mol. The van der Waals surface area contributed by atoms with E-state index in [9.17, 15) is 9.59 Å². The molecule has 8 rings (SSSR count). The average molecular weight is 991 g/mol. The summed E-state index contributed by atoms with van der Waals surface area (Å²) in [5, 5.41) is 4.32. The molecule has 1 aliphatic carbocycles. The number of piperazine rings is 1. The van der Waals surface area contributed by atoms with Crippen molar-refractivity contribution in [1.82, 2.24) is 35.9 Å². The number of hydrogen-bond donors (Lipinski definition) is 4. The number of aromatic nitrogens is 2. The number of benzene rings is 2. The van der Waals surface area contributed by atoms with E-state index in [1.165, 1.54) is 18.4 Å². The van der Waals surface area contributed by atoms with Crippen LogP contribution in [0.15, 0.2) is 48.7 Å². The van der Waals surface area contributed by atoms with Crippen molar-refractivity contribution in [3.8, 4) is 28.1 Å². The maximum atomic E-state index is 14.3. The van der Waals surface area contributed by atoms with Gasteiger partial charge in [-0.3, -0.25) is 24.9 Å². The van der Waals surface area contributed by atoms with Gasteiger partial charge in [-0.1, -0.05) is 66.0 Å². The van der Waals surface area contributed by atoms with Gasteiger partial charge in [0.15, 0.2) is 0 Å². The Morgan fingerprint density at radius 3 is 2.42 bits per heavy atom. The zero-order valence-electron chi connectivity index (χ0n) is 45.0. The maximum absolute atomic E-state index is 14.3. The third-order valence-electron chi connectivity index (χ3n) is 15.8. The van der Waals surface area contributed by atoms with Crippen LogP contribution in [0.4, 0.5) is 5.69 Å². The van der Waals surface area contributed by atoms with Crippen LogP contribution in [0.1, 0.15) is 116 Å². The normalized spacial score (nSPS) is 21.7. The first-order valence-corrected chi connectivity index (χ1v) is 27.3. The molecule has 14 heteroatoms. The Morgan fingerprint density at radius 2 is 1.71 bits per heavy atom. The molecule has 14 nitrogen and oxygen atoms in total. The SMILES string of the molecule is CCCCCCNNC(=O)C1Cc2cc(cc(-c3ccc4[nH]c(-c5cc(N6CCN(C7CC7)CC6)cnc5C(C)OC)c(CC(C)(C)COC)c4c3)c2)OCC(C2CCN(C)CC2)OC[C@@H](C(C)C)C(=O)N1. The van der Waals surface area contributed by atoms with Crippen molar-refractivity contribution in [3.05, 3.63) is 65.5 Å². The summed E-state index contributed by atoms with van der Waals surface area (Å²) in [7, 11) is 5.69. The number of nitrogens with zero attached hydrogens (tertiary/aromatic N) is 4. The second kappa shape index (κ2) is 24.6. The maximum Gasteiger partial charge on any atom is 0.256 e. The molecule has 2 aromatic carbocycles. The number of methoxy groups -OCH3 is 2. The van der Waals surface area contributed by atoms with Crippen LogP contribution in [-0.2, 0) is 36.6 Å². The topological polar surface area (TPSA) is 146 Å². The highest BCUT2D eigenvalue weighted by molar-refractivity contribution is 5.95. The van der Waals surface area contributed by atoms with E-state index in [1.807, 2.05) is 26.1 Å². The number of amides is 2. The standard InChI is InChI=1S/C58H86N8O6/c1-10-11-12-13-20-60-63-57(68)52-29-40-27-43(30-46(28-40)71-36-53(41-18-21-64(7)22-19-41)72-35-50(38(2)3)56(67)62-52)42-14-17-51-47(31-42)49(33-58(5,6)37-69-8)55(61-51)48-32-45(34-59-54(48)39(4)70-9)66-25-23-65(24-26-66)44-15-16-44/h14,17,27-28,30-32,34,38-39,41,44,50,52-53,60-61H,10-13,15-16,18-26,29,33,35-37H2,1-9H3,(H,62,67)(H,63,68)/t39?,50-,52?,53?/m0/s1. The third-order valence-corrected chi connectivity index (χ3v) is 15.8. The number of H-pyrrole nitrogens is 1. The molecule has 4 N–H and O–H groups in total. The summed E-state index contributed by atoms with van der Waals surface area (Å²) in [4.78, 5) is 45.0. The number of ether oxygens (including phenoxy) is 4. The Labute approximate surface area is 430 Å². The van der Waals surface area contributed by atoms with Crippen molar-refractivity contribution in [2.75, 3.05) is 91.8 Å². The summed E-state index contributed by atoms with van der Waals surface area (Å²) in [6.45, 7) is 20.8. The number of fused-ring (bicyclic) bond motifs is 3. The van der Waals surface area contributed by atoms with E-state index in [-0.39, 0.29) is 48.4 Å². The largest absolute Gasteiger partial charge is 0.491 e. The number of hydrazine groups is 1. The van der Waals surface area contributed by atoms with Crippen LogP contribution in [0.3, 0.4) is 0 Å². The quantitative estimate of drug-likeness (QED) is 0.0529. The Kier molecular flexibility index (Phi) is 18.4. The number of unbranched alkanes of at least 4 members (excludes halogenated alkanes) is 3. The minimum atomic E-state index is -0.838. The van der Waals surface area contributed by atoms with Crippen molar-refractivity contribution in [1.29, 1.82) is 0 Å². The van der Waals surface area contributed by atoms with E-state index in [0.717, 1.165) is 140 Å². The highest BCUT2D eigenvalue weighted by atomic mass is 16.5. The highest BCUT2D eigenvalue weighted by Crippen LogP contribution is 2.42. The van der Waals surface area contributed by atoms with Crippen LogP contribution >= 0.6 is 0 Å². The molecule has 2 saturated heterocycles. The van der Waals surface area contributed by atoms with Crippen molar-refractivity contribution < 1.29 is 28.5 Å². The van der Waals surface area contributed by atoms with Gasteiger partial charge < -0.3 is 39.0 Å². The number of rotatable bonds is 19. The Balaban J connectivity index is 1.19. The number of hydrogen-bond acceptors (Lipinski definition) is 11. The number of piperidine rings is 1. The van der Waals surface area contributed by atoms with Crippen LogP contribution in [0.25, 0.3) is 33.3 Å². The van der Waals surface area contributed by atoms with Crippen molar-refractivity contribution in [2.45, 2.75) is 130 Å². The summed E-state index contributed by atoms with van der Waals surface area (Å²) >= 11 is 0. The van der Waals surface area contributed by atoms with Gasteiger partial charge in [-0.05, 0) is 135 Å². The molecule has 3 unspecified atom stereocenters. The lowest BCUT2D eigenvalue weighted by molar-refractivity contribution is -0.135. The number of likely N-dealkylation sites (tertiary alicyclic amines) is 1. The zero-order valence-corrected chi connectivity index (χ0v) is 45.0. The van der Waals surface area contributed by atoms with Gasteiger partial charge in [0.05, 0.1) is 54.6 Å². The zero-order chi connectivity index (χ0) is 50.9. The van der Waals surface area contributed by atoms with Crippen LogP contribution < -0.4 is 25.8 Å². The van der Waals surface area contributed by atoms with E-state index in [2.05, 4.69) is 107 Å². The molecule has 4 atom stereocenters. The van der Waals surface area contributed by atoms with Gasteiger partial charge in [0, 0.05) is 75.9 Å². The molecule has 2 aromatic heterocycles. The minimum absolute atomic E-state index is 0.000924. The summed E-state index contributed by atoms with van der Waals surface area (Å²) < 4.78 is 25.4. The number of anilines is 1. The molecule has 2 bridgehead atoms. The summed E-state index contributed by atoms with van der Waals surface area (Å²) in [5.41, 5.74) is 15.1. The first-order valence-electron chi connectivity index (χ1n) is 27.3. The predicted octanol–water partition coefficient (Wildman–Crippen LogP) is 8.72. The molecule has 4 aromatic rings. The first kappa shape index (κ1) is 53.7. The summed E-state index contributed by atoms with van der Waals surface area (Å²) in [5.74, 6) is 0.103. The van der Waals surface area contributed by atoms with Crippen LogP contribution in [-0.4, -0.2) is 137 Å². The number of nitrogens with one attached hydrogen (secondary N) is 4. The van der Waals surface area contributed by atoms with E-state index >= 15 is 0 Å². The summed E-state index contributed by atoms with van der Waals surface area (Å²) in [6, 6.07) is 15.2. The second-order valence-corrected chi connectivity index (χ2v) is 22.6. The highest BCUT2D eigenvalue weighted by Gasteiger charge is 2.35. The molecule has 394 valence electrons. The molecule has 1 saturated carbocycles. The third kappa shape index (κ3) is 13.6. The van der Waals surface area contributed by atoms with Crippen LogP contribution in [0.2, 0.25) is 0 Å². The number of carbonyl (C=O) groups excluding carboxylic acids is 2. The van der Waals surface area contributed by atoms with Gasteiger partial charge in [-0.25, -0.2) is 5.43 Å².